The first kappa shape index (κ1) is 125. The molecule has 3 fully saturated rings. The number of likely N-dealkylation sites (tertiary alicyclic amines) is 3. The van der Waals surface area contributed by atoms with Crippen LogP contribution in [-0.2, 0) is 67.0 Å². The lowest BCUT2D eigenvalue weighted by molar-refractivity contribution is -0.155. The predicted octanol–water partition coefficient (Wildman–Crippen LogP) is 20.4. The molecule has 32 heteroatoms. The van der Waals surface area contributed by atoms with Crippen LogP contribution in [0, 0.1) is 76.9 Å². The van der Waals surface area contributed by atoms with E-state index in [0.29, 0.717) is 58.5 Å². The number of esters is 1. The van der Waals surface area contributed by atoms with Gasteiger partial charge in [0.2, 0.25) is 17.7 Å². The highest BCUT2D eigenvalue weighted by Gasteiger charge is 2.43. The van der Waals surface area contributed by atoms with E-state index in [4.69, 9.17) is 19.2 Å². The monoisotopic (exact) mass is 2110 g/mol. The molecule has 0 bridgehead atoms. The summed E-state index contributed by atoms with van der Waals surface area (Å²) in [6.07, 6.45) is 11.4. The summed E-state index contributed by atoms with van der Waals surface area (Å²) < 4.78 is 17.7. The molecule has 15 atom stereocenters. The zero-order valence-corrected chi connectivity index (χ0v) is 96.6. The van der Waals surface area contributed by atoms with Crippen molar-refractivity contribution in [2.45, 2.75) is 346 Å². The zero-order valence-electron chi connectivity index (χ0n) is 94.2. The maximum Gasteiger partial charge on any atom is 0.407 e. The largest absolute Gasteiger partial charge is 0.455 e. The number of alkyl carbamates (subject to hydrolysis) is 2. The molecule has 0 spiro atoms. The minimum atomic E-state index is -0.792. The molecule has 148 heavy (non-hydrogen) atoms. The summed E-state index contributed by atoms with van der Waals surface area (Å²) in [6, 6.07) is 28.7. The van der Waals surface area contributed by atoms with Gasteiger partial charge in [0.05, 0.1) is 24.0 Å². The Hall–Kier alpha value is -9.73. The van der Waals surface area contributed by atoms with Crippen LogP contribution in [-0.4, -0.2) is 246 Å². The number of thiazole rings is 3. The standard InChI is InChI=1S/C40H62N4O5S.2C38H59N5O5S/c1-25(2)20-30(21-29-16-12-11-13-17-29)41-37(46)32-24-50-38(42-32)36(49-40(48)28(7)8)23-34(27(5)6)44(10)39(47)31(26(3)4)22-35(45)33-18-14-15-19-43(33)9;2*1-24(2)19-28(20-27-15-11-10-12-16-27)40-35(45)30-23-49-36(41-30)34(48-38(47)39-7)22-32(26(5)6)43(9)37(46)29(25(3)4)21-33(44)31-17-13-14-18-42(31)8/h11-13,16-17,24-28,30-31,33-34,36H,14-15,18-23H2,1-10H3,(H,41,46);2*10-12,15-16,23-26,28-29,31-32,34H,13-14,17-22H2,1-9H3,(H,39,47)(H,40,45)/t30-,31+,33-,34-,36-;2*28-,29+,31-,32-,34-/m111/s1. The number of hydrogen-bond donors (Lipinski definition) is 5. The lowest BCUT2D eigenvalue weighted by atomic mass is 9.84. The molecular formula is C116H180N14O15S3. The minimum Gasteiger partial charge on any atom is -0.455 e. The molecule has 6 aromatic rings. The van der Waals surface area contributed by atoms with E-state index in [2.05, 4.69) is 129 Å². The summed E-state index contributed by atoms with van der Waals surface area (Å²) in [6.45, 7) is 43.2. The predicted molar refractivity (Wildman–Crippen MR) is 592 cm³/mol. The molecule has 3 aliphatic rings. The summed E-state index contributed by atoms with van der Waals surface area (Å²) in [4.78, 5) is 187. The average Bonchev–Trinajstić information content (AvgIpc) is 1.67. The number of ether oxygens (including phenoxy) is 3. The van der Waals surface area contributed by atoms with Gasteiger partial charge in [0.15, 0.2) is 35.7 Å². The smallest absolute Gasteiger partial charge is 0.407 e. The van der Waals surface area contributed by atoms with E-state index in [0.717, 1.165) is 113 Å². The van der Waals surface area contributed by atoms with Gasteiger partial charge in [-0.25, -0.2) is 24.5 Å². The number of hydrogen-bond acceptors (Lipinski definition) is 24. The van der Waals surface area contributed by atoms with Crippen LogP contribution in [0.3, 0.4) is 0 Å². The summed E-state index contributed by atoms with van der Waals surface area (Å²) >= 11 is 3.82. The highest BCUT2D eigenvalue weighted by Crippen LogP contribution is 2.39. The van der Waals surface area contributed by atoms with Crippen molar-refractivity contribution < 1.29 is 71.7 Å². The molecule has 8 amide bonds. The number of benzene rings is 3. The third-order valence-corrected chi connectivity index (χ3v) is 32.1. The van der Waals surface area contributed by atoms with Crippen molar-refractivity contribution in [3.05, 3.63) is 156 Å². The summed E-state index contributed by atoms with van der Waals surface area (Å²) in [5.74, 6) is -1.65. The maximum atomic E-state index is 14.2. The van der Waals surface area contributed by atoms with Gasteiger partial charge in [0.1, 0.15) is 32.1 Å². The van der Waals surface area contributed by atoms with E-state index in [1.54, 1.807) is 65.8 Å². The van der Waals surface area contributed by atoms with Crippen molar-refractivity contribution in [1.29, 1.82) is 0 Å². The number of likely N-dealkylation sites (N-methyl/N-ethyl adjacent to an activating group) is 3. The van der Waals surface area contributed by atoms with Gasteiger partial charge in [0.25, 0.3) is 17.7 Å². The number of nitrogens with zero attached hydrogens (tertiary/aromatic N) is 9. The lowest BCUT2D eigenvalue weighted by Gasteiger charge is -2.37. The molecule has 0 unspecified atom stereocenters. The van der Waals surface area contributed by atoms with Gasteiger partial charge in [-0.2, -0.15) is 0 Å². The van der Waals surface area contributed by atoms with Crippen molar-refractivity contribution >= 4 is 105 Å². The van der Waals surface area contributed by atoms with Crippen molar-refractivity contribution in [3.8, 4) is 0 Å². The van der Waals surface area contributed by atoms with Gasteiger partial charge in [0, 0.05) is 144 Å². The Morgan fingerprint density at radius 2 is 0.601 bits per heavy atom. The summed E-state index contributed by atoms with van der Waals surface area (Å²) in [5.41, 5.74) is 4.27. The zero-order chi connectivity index (χ0) is 110. The highest BCUT2D eigenvalue weighted by molar-refractivity contribution is 7.10. The second-order valence-corrected chi connectivity index (χ2v) is 47.7. The molecule has 9 rings (SSSR count). The first-order valence-electron chi connectivity index (χ1n) is 54.4. The van der Waals surface area contributed by atoms with E-state index >= 15 is 0 Å². The number of carbonyl (C=O) groups excluding carboxylic acids is 12. The van der Waals surface area contributed by atoms with E-state index in [9.17, 15) is 57.5 Å². The molecular weight excluding hydrogens is 1930 g/mol. The molecule has 822 valence electrons. The Balaban J connectivity index is 0.000000300. The Bertz CT molecular complexity index is 4900. The van der Waals surface area contributed by atoms with Crippen LogP contribution in [0.15, 0.2) is 107 Å². The minimum absolute atomic E-state index is 0.00948. The fraction of sp³-hybridized carbons (Fsp3) is 0.664. The fourth-order valence-electron chi connectivity index (χ4n) is 20.5. The van der Waals surface area contributed by atoms with Gasteiger partial charge in [-0.1, -0.05) is 249 Å². The first-order chi connectivity index (χ1) is 70.0. The normalized spacial score (nSPS) is 17.8. The second kappa shape index (κ2) is 62.3. The fourth-order valence-corrected chi connectivity index (χ4v) is 23.0. The maximum absolute atomic E-state index is 14.2. The number of rotatable bonds is 52. The number of Topliss-reactive ketones (excluding diaryl/α,β-unsaturated/α-hetero) is 3. The third-order valence-electron chi connectivity index (χ3n) is 29.2. The van der Waals surface area contributed by atoms with Crippen molar-refractivity contribution in [3.63, 3.8) is 0 Å². The average molecular weight is 2110 g/mol. The van der Waals surface area contributed by atoms with Crippen molar-refractivity contribution in [2.75, 3.05) is 76.0 Å². The van der Waals surface area contributed by atoms with Crippen LogP contribution >= 0.6 is 34.0 Å². The molecule has 6 heterocycles. The molecule has 5 N–H and O–H groups in total. The molecule has 0 aliphatic carbocycles. The molecule has 0 radical (unpaired) electrons. The Labute approximate surface area is 896 Å². The van der Waals surface area contributed by atoms with E-state index < -0.39 is 48.3 Å². The van der Waals surface area contributed by atoms with Crippen LogP contribution < -0.4 is 26.6 Å². The lowest BCUT2D eigenvalue weighted by Crippen LogP contribution is -2.48. The van der Waals surface area contributed by atoms with Crippen LogP contribution in [0.25, 0.3) is 0 Å². The molecule has 0 saturated carbocycles. The van der Waals surface area contributed by atoms with Gasteiger partial charge in [-0.05, 0) is 188 Å². The number of amides is 8. The van der Waals surface area contributed by atoms with Crippen LogP contribution in [0.1, 0.15) is 336 Å². The van der Waals surface area contributed by atoms with E-state index in [1.807, 2.05) is 159 Å². The second-order valence-electron chi connectivity index (χ2n) is 45.1. The SMILES string of the molecule is CC(C)C[C@H](Cc1ccccc1)NC(=O)c1csc([C@@H](C[C@H](C(C)C)N(C)C(=O)[C@@H](CC(=O)[C@H]2CCCCN2C)C(C)C)OC(=O)C(C)C)n1.CNC(=O)O[C@H](C[C@H](C(C)C)N(C)C(=O)[C@@H](CC(=O)[C@H]1CCCCN1C)C(C)C)c1nc(C(=O)N[C@@H](Cc2ccccc2)CC(C)C)cs1.CNC(=O)O[C@H](C[C@H](C(C)C)N(C)C(=O)[C@@H](CC(=O)[C@H]1CCCCN1C)C(C)C)c1nc(C(=O)N[C@@H](Cc2ccccc2)CC(C)C)cs1. The van der Waals surface area contributed by atoms with Crippen molar-refractivity contribution in [1.82, 2.24) is 70.9 Å². The van der Waals surface area contributed by atoms with Gasteiger partial charge < -0.3 is 55.5 Å². The van der Waals surface area contributed by atoms with Gasteiger partial charge in [-0.3, -0.25) is 62.6 Å². The quantitative estimate of drug-likeness (QED) is 0.0175. The van der Waals surface area contributed by atoms with E-state index in [1.165, 1.54) is 48.1 Å². The summed E-state index contributed by atoms with van der Waals surface area (Å²) in [7, 11) is 14.3. The van der Waals surface area contributed by atoms with E-state index in [-0.39, 0.29) is 204 Å². The number of ketones is 3. The van der Waals surface area contributed by atoms with Gasteiger partial charge >= 0.3 is 18.2 Å². The van der Waals surface area contributed by atoms with Crippen LogP contribution in [0.2, 0.25) is 0 Å². The Morgan fingerprint density at radius 3 is 0.818 bits per heavy atom. The molecule has 3 saturated heterocycles. The molecule has 3 aromatic heterocycles. The van der Waals surface area contributed by atoms with Crippen LogP contribution in [0.5, 0.6) is 0 Å². The Morgan fingerprint density at radius 1 is 0.351 bits per heavy atom. The number of carbonyl (C=O) groups is 12. The van der Waals surface area contributed by atoms with Gasteiger partial charge in [-0.15, -0.1) is 34.0 Å². The highest BCUT2D eigenvalue weighted by atomic mass is 32.1. The number of nitrogens with one attached hydrogen (secondary N) is 5. The molecule has 29 nitrogen and oxygen atoms in total. The van der Waals surface area contributed by atoms with Crippen molar-refractivity contribution in [2.24, 2.45) is 76.9 Å². The van der Waals surface area contributed by atoms with Crippen LogP contribution in [0.4, 0.5) is 9.59 Å². The topological polar surface area (TPSA) is 351 Å². The third kappa shape index (κ3) is 39.8. The Kier molecular flexibility index (Phi) is 52.7. The molecule has 3 aliphatic heterocycles. The summed E-state index contributed by atoms with van der Waals surface area (Å²) in [5, 5.41) is 21.2. The number of aromatic nitrogens is 3. The first-order valence-corrected chi connectivity index (χ1v) is 57.0. The molecule has 3 aromatic carbocycles. The number of piperidine rings is 3.